The molecule has 1 heterocycles. The van der Waals surface area contributed by atoms with Crippen LogP contribution in [-0.2, 0) is 20.7 Å². The van der Waals surface area contributed by atoms with Crippen LogP contribution in [-0.4, -0.2) is 58.9 Å². The van der Waals surface area contributed by atoms with Gasteiger partial charge in [-0.25, -0.2) is 4.79 Å². The molecule has 0 aromatic heterocycles. The number of hydrogen-bond acceptors (Lipinski definition) is 5. The maximum Gasteiger partial charge on any atom is 0.338 e. The molecule has 9 heteroatoms. The Hall–Kier alpha value is -2.97. The molecule has 0 spiro atoms. The third-order valence-electron chi connectivity index (χ3n) is 5.14. The van der Waals surface area contributed by atoms with Gasteiger partial charge in [0.1, 0.15) is 6.04 Å². The number of carbonyl (C=O) groups is 3. The molecule has 0 unspecified atom stereocenters. The quantitative estimate of drug-likeness (QED) is 0.467. The van der Waals surface area contributed by atoms with Crippen LogP contribution >= 0.6 is 23.8 Å². The fourth-order valence-corrected chi connectivity index (χ4v) is 3.85. The number of hydrogen-bond donors (Lipinski definition) is 1. The summed E-state index contributed by atoms with van der Waals surface area (Å²) in [6.07, 6.45) is 0.620. The Morgan fingerprint density at radius 2 is 1.78 bits per heavy atom. The second-order valence-electron chi connectivity index (χ2n) is 7.32. The van der Waals surface area contributed by atoms with E-state index < -0.39 is 12.0 Å². The number of benzene rings is 2. The summed E-state index contributed by atoms with van der Waals surface area (Å²) in [7, 11) is 1.62. The van der Waals surface area contributed by atoms with E-state index in [1.165, 1.54) is 4.90 Å². The second kappa shape index (κ2) is 10.6. The van der Waals surface area contributed by atoms with Gasteiger partial charge in [0.25, 0.3) is 5.91 Å². The van der Waals surface area contributed by atoms with Gasteiger partial charge in [0, 0.05) is 24.3 Å². The van der Waals surface area contributed by atoms with Crippen LogP contribution in [0.15, 0.2) is 48.5 Å². The van der Waals surface area contributed by atoms with E-state index in [0.29, 0.717) is 34.4 Å². The summed E-state index contributed by atoms with van der Waals surface area (Å²) in [5.74, 6) is -0.949. The van der Waals surface area contributed by atoms with Gasteiger partial charge in [-0.05, 0) is 67.5 Å². The maximum atomic E-state index is 12.7. The molecule has 1 N–H and O–H groups in total. The monoisotopic (exact) mass is 473 g/mol. The van der Waals surface area contributed by atoms with E-state index in [4.69, 9.17) is 28.6 Å². The summed E-state index contributed by atoms with van der Waals surface area (Å²) in [6, 6.07) is 13.2. The average molecular weight is 474 g/mol. The van der Waals surface area contributed by atoms with Crippen LogP contribution in [0.5, 0.6) is 0 Å². The molecular weight excluding hydrogens is 450 g/mol. The zero-order valence-corrected chi connectivity index (χ0v) is 19.4. The first-order valence-electron chi connectivity index (χ1n) is 10.2. The molecule has 32 heavy (non-hydrogen) atoms. The minimum Gasteiger partial charge on any atom is -0.462 e. The van der Waals surface area contributed by atoms with Crippen molar-refractivity contribution in [3.63, 3.8) is 0 Å². The Morgan fingerprint density at radius 1 is 1.12 bits per heavy atom. The summed E-state index contributed by atoms with van der Waals surface area (Å²) in [5, 5.41) is 3.83. The van der Waals surface area contributed by atoms with Crippen molar-refractivity contribution in [2.75, 3.05) is 25.5 Å². The van der Waals surface area contributed by atoms with Gasteiger partial charge in [-0.2, -0.15) is 0 Å². The fourth-order valence-electron chi connectivity index (χ4n) is 3.42. The lowest BCUT2D eigenvalue weighted by Crippen LogP contribution is -2.39. The highest BCUT2D eigenvalue weighted by Crippen LogP contribution is 2.21. The zero-order chi connectivity index (χ0) is 23.3. The largest absolute Gasteiger partial charge is 0.462 e. The lowest BCUT2D eigenvalue weighted by molar-refractivity contribution is -0.130. The molecular formula is C23H24ClN3O4S. The molecule has 3 rings (SSSR count). The molecule has 168 valence electrons. The van der Waals surface area contributed by atoms with Crippen LogP contribution in [0.25, 0.3) is 0 Å². The number of halogens is 1. The average Bonchev–Trinajstić information content (AvgIpc) is 2.97. The molecule has 1 atom stereocenters. The summed E-state index contributed by atoms with van der Waals surface area (Å²) in [4.78, 5) is 40.3. The van der Waals surface area contributed by atoms with Crippen molar-refractivity contribution in [2.24, 2.45) is 0 Å². The molecule has 0 radical (unpaired) electrons. The summed E-state index contributed by atoms with van der Waals surface area (Å²) < 4.78 is 4.95. The Labute approximate surface area is 197 Å². The van der Waals surface area contributed by atoms with E-state index in [2.05, 4.69) is 5.32 Å². The molecule has 0 bridgehead atoms. The number of amides is 2. The van der Waals surface area contributed by atoms with Gasteiger partial charge in [-0.3, -0.25) is 14.5 Å². The third-order valence-corrected chi connectivity index (χ3v) is 5.90. The van der Waals surface area contributed by atoms with Gasteiger partial charge in [-0.1, -0.05) is 23.7 Å². The van der Waals surface area contributed by atoms with Crippen molar-refractivity contribution >= 4 is 52.4 Å². The number of ether oxygens (including phenoxy) is 1. The first-order chi connectivity index (χ1) is 15.3. The van der Waals surface area contributed by atoms with E-state index in [-0.39, 0.29) is 24.8 Å². The normalized spacial score (nSPS) is 15.8. The highest BCUT2D eigenvalue weighted by molar-refractivity contribution is 7.80. The molecule has 2 aromatic carbocycles. The minimum absolute atomic E-state index is 0.0381. The van der Waals surface area contributed by atoms with Gasteiger partial charge in [0.15, 0.2) is 5.11 Å². The molecule has 1 saturated heterocycles. The van der Waals surface area contributed by atoms with Crippen LogP contribution in [0, 0.1) is 0 Å². The number of carbonyl (C=O) groups excluding carboxylic acids is 3. The van der Waals surface area contributed by atoms with Crippen LogP contribution in [0.3, 0.4) is 0 Å². The first-order valence-corrected chi connectivity index (χ1v) is 11.0. The van der Waals surface area contributed by atoms with Gasteiger partial charge >= 0.3 is 5.97 Å². The van der Waals surface area contributed by atoms with E-state index in [1.807, 2.05) is 24.3 Å². The van der Waals surface area contributed by atoms with Crippen LogP contribution in [0.1, 0.15) is 29.3 Å². The Balaban J connectivity index is 1.63. The number of likely N-dealkylation sites (N-methyl/N-ethyl adjacent to an activating group) is 1. The lowest BCUT2D eigenvalue weighted by atomic mass is 10.1. The van der Waals surface area contributed by atoms with Crippen molar-refractivity contribution < 1.29 is 19.1 Å². The highest BCUT2D eigenvalue weighted by Gasteiger charge is 2.41. The van der Waals surface area contributed by atoms with Gasteiger partial charge in [0.2, 0.25) is 5.91 Å². The number of nitrogens with one attached hydrogen (secondary N) is 1. The summed E-state index contributed by atoms with van der Waals surface area (Å²) >= 11 is 11.4. The standard InChI is InChI=1S/C23H24ClN3O4S/c1-3-31-22(30)16-6-10-18(11-7-16)25-20(28)14-19-21(29)26(2)23(32)27(19)13-12-15-4-8-17(24)9-5-15/h4-11,19H,3,12-14H2,1-2H3,(H,25,28)/t19-/m1/s1. The number of rotatable bonds is 8. The Kier molecular flexibility index (Phi) is 7.82. The summed E-state index contributed by atoms with van der Waals surface area (Å²) in [5.41, 5.74) is 1.98. The molecule has 1 fully saturated rings. The molecule has 1 aliphatic heterocycles. The topological polar surface area (TPSA) is 78.9 Å². The number of nitrogens with zero attached hydrogens (tertiary/aromatic N) is 2. The predicted octanol–water partition coefficient (Wildman–Crippen LogP) is 3.52. The zero-order valence-electron chi connectivity index (χ0n) is 17.8. The van der Waals surface area contributed by atoms with Crippen LogP contribution in [0.2, 0.25) is 5.02 Å². The predicted molar refractivity (Wildman–Crippen MR) is 127 cm³/mol. The second-order valence-corrected chi connectivity index (χ2v) is 8.12. The van der Waals surface area contributed by atoms with Crippen molar-refractivity contribution in [3.05, 3.63) is 64.7 Å². The van der Waals surface area contributed by atoms with Gasteiger partial charge < -0.3 is 15.0 Å². The number of anilines is 1. The van der Waals surface area contributed by atoms with Crippen molar-refractivity contribution in [1.82, 2.24) is 9.80 Å². The summed E-state index contributed by atoms with van der Waals surface area (Å²) in [6.45, 7) is 2.53. The third kappa shape index (κ3) is 5.63. The fraction of sp³-hybridized carbons (Fsp3) is 0.304. The molecule has 2 amide bonds. The van der Waals surface area contributed by atoms with E-state index in [9.17, 15) is 14.4 Å². The van der Waals surface area contributed by atoms with Gasteiger partial charge in [0.05, 0.1) is 18.6 Å². The molecule has 7 nitrogen and oxygen atoms in total. The Morgan fingerprint density at radius 3 is 2.41 bits per heavy atom. The number of esters is 1. The van der Waals surface area contributed by atoms with E-state index in [0.717, 1.165) is 5.56 Å². The van der Waals surface area contributed by atoms with Crippen molar-refractivity contribution in [3.8, 4) is 0 Å². The van der Waals surface area contributed by atoms with E-state index in [1.54, 1.807) is 43.1 Å². The molecule has 2 aromatic rings. The van der Waals surface area contributed by atoms with Crippen LogP contribution in [0.4, 0.5) is 5.69 Å². The minimum atomic E-state index is -0.668. The van der Waals surface area contributed by atoms with Crippen molar-refractivity contribution in [1.29, 1.82) is 0 Å². The highest BCUT2D eigenvalue weighted by atomic mass is 35.5. The Bertz CT molecular complexity index is 1010. The first kappa shape index (κ1) is 23.7. The van der Waals surface area contributed by atoms with Crippen molar-refractivity contribution in [2.45, 2.75) is 25.8 Å². The maximum absolute atomic E-state index is 12.7. The molecule has 1 aliphatic rings. The molecule has 0 aliphatic carbocycles. The number of thiocarbonyl (C=S) groups is 1. The van der Waals surface area contributed by atoms with Gasteiger partial charge in [-0.15, -0.1) is 0 Å². The lowest BCUT2D eigenvalue weighted by Gasteiger charge is -2.23. The SMILES string of the molecule is CCOC(=O)c1ccc(NC(=O)C[C@@H]2C(=O)N(C)C(=S)N2CCc2ccc(Cl)cc2)cc1. The smallest absolute Gasteiger partial charge is 0.338 e. The van der Waals surface area contributed by atoms with Crippen LogP contribution < -0.4 is 5.32 Å². The molecule has 0 saturated carbocycles. The van der Waals surface area contributed by atoms with E-state index >= 15 is 0 Å².